The monoisotopic (exact) mass is 494 g/mol. The van der Waals surface area contributed by atoms with E-state index in [1.807, 2.05) is 90.4 Å². The Morgan fingerprint density at radius 1 is 0.919 bits per heavy atom. The topological polar surface area (TPSA) is 55.9 Å². The molecule has 2 aliphatic rings. The van der Waals surface area contributed by atoms with Crippen molar-refractivity contribution in [2.24, 2.45) is 0 Å². The van der Waals surface area contributed by atoms with E-state index in [4.69, 9.17) is 0 Å². The van der Waals surface area contributed by atoms with Crippen molar-refractivity contribution < 1.29 is 9.59 Å². The van der Waals surface area contributed by atoms with E-state index in [9.17, 15) is 9.59 Å². The second-order valence-electron chi connectivity index (χ2n) is 9.92. The molecule has 1 saturated heterocycles. The van der Waals surface area contributed by atoms with Crippen LogP contribution in [0.15, 0.2) is 84.9 Å². The van der Waals surface area contributed by atoms with Crippen molar-refractivity contribution in [3.63, 3.8) is 0 Å². The molecule has 0 radical (unpaired) electrons. The Balaban J connectivity index is 1.17. The molecule has 0 spiro atoms. The van der Waals surface area contributed by atoms with Crippen LogP contribution in [0, 0.1) is 0 Å². The third kappa shape index (κ3) is 5.44. The molecule has 6 nitrogen and oxygen atoms in total. The fraction of sp³-hybridized carbons (Fsp3) is 0.290. The number of nitrogens with one attached hydrogen (secondary N) is 1. The molecule has 1 unspecified atom stereocenters. The number of fused-ring (bicyclic) bond motifs is 1. The van der Waals surface area contributed by atoms with Crippen molar-refractivity contribution in [3.8, 4) is 0 Å². The van der Waals surface area contributed by atoms with Gasteiger partial charge in [-0.15, -0.1) is 0 Å². The van der Waals surface area contributed by atoms with E-state index in [0.717, 1.165) is 49.5 Å². The number of nitrogens with zero attached hydrogens (tertiary/aromatic N) is 3. The summed E-state index contributed by atoms with van der Waals surface area (Å²) in [6, 6.07) is 25.7. The number of rotatable bonds is 7. The van der Waals surface area contributed by atoms with Gasteiger partial charge in [0.15, 0.2) is 0 Å². The van der Waals surface area contributed by atoms with Crippen LogP contribution < -0.4 is 5.32 Å². The summed E-state index contributed by atoms with van der Waals surface area (Å²) < 4.78 is 0. The van der Waals surface area contributed by atoms with E-state index < -0.39 is 0 Å². The molecule has 2 aliphatic heterocycles. The lowest BCUT2D eigenvalue weighted by Gasteiger charge is -2.34. The quantitative estimate of drug-likeness (QED) is 0.495. The number of carbonyl (C=O) groups excluding carboxylic acids is 2. The van der Waals surface area contributed by atoms with Gasteiger partial charge >= 0.3 is 0 Å². The van der Waals surface area contributed by atoms with Crippen LogP contribution >= 0.6 is 0 Å². The smallest absolute Gasteiger partial charge is 0.256 e. The largest absolute Gasteiger partial charge is 0.361 e. The Morgan fingerprint density at radius 3 is 2.30 bits per heavy atom. The van der Waals surface area contributed by atoms with E-state index in [-0.39, 0.29) is 24.0 Å². The maximum atomic E-state index is 13.1. The zero-order valence-corrected chi connectivity index (χ0v) is 21.5. The molecule has 3 aromatic carbocycles. The number of anilines is 1. The number of carbonyl (C=O) groups is 2. The third-order valence-electron chi connectivity index (χ3n) is 7.12. The number of hydrogen-bond acceptors (Lipinski definition) is 4. The zero-order chi connectivity index (χ0) is 25.8. The molecule has 1 N–H and O–H groups in total. The lowest BCUT2D eigenvalue weighted by atomic mass is 10.1. The molecule has 0 aliphatic carbocycles. The van der Waals surface area contributed by atoms with Crippen LogP contribution in [0.1, 0.15) is 51.9 Å². The number of benzene rings is 3. The lowest BCUT2D eigenvalue weighted by Crippen LogP contribution is -2.48. The van der Waals surface area contributed by atoms with Crippen LogP contribution in [0.2, 0.25) is 0 Å². The highest BCUT2D eigenvalue weighted by molar-refractivity contribution is 5.99. The molecule has 2 amide bonds. The lowest BCUT2D eigenvalue weighted by molar-refractivity contribution is 0.0649. The summed E-state index contributed by atoms with van der Waals surface area (Å²) in [7, 11) is 0. The minimum Gasteiger partial charge on any atom is -0.361 e. The fourth-order valence-corrected chi connectivity index (χ4v) is 5.10. The summed E-state index contributed by atoms with van der Waals surface area (Å²) in [6.07, 6.45) is 4.11. The van der Waals surface area contributed by atoms with Gasteiger partial charge in [0, 0.05) is 61.1 Å². The van der Waals surface area contributed by atoms with Crippen molar-refractivity contribution in [1.29, 1.82) is 0 Å². The number of hydrogen-bond donors (Lipinski definition) is 1. The van der Waals surface area contributed by atoms with Gasteiger partial charge in [-0.05, 0) is 49.7 Å². The Hall–Kier alpha value is -3.90. The van der Waals surface area contributed by atoms with Gasteiger partial charge in [-0.2, -0.15) is 0 Å². The first-order valence-electron chi connectivity index (χ1n) is 13.0. The molecule has 190 valence electrons. The van der Waals surface area contributed by atoms with E-state index in [2.05, 4.69) is 34.5 Å². The number of piperazine rings is 1. The molecular weight excluding hydrogens is 460 g/mol. The molecule has 6 heteroatoms. The van der Waals surface area contributed by atoms with Crippen molar-refractivity contribution >= 4 is 23.6 Å². The Kier molecular flexibility index (Phi) is 7.37. The predicted octanol–water partition coefficient (Wildman–Crippen LogP) is 5.13. The van der Waals surface area contributed by atoms with Crippen molar-refractivity contribution in [1.82, 2.24) is 14.7 Å². The van der Waals surface area contributed by atoms with Gasteiger partial charge < -0.3 is 15.1 Å². The van der Waals surface area contributed by atoms with Gasteiger partial charge in [0.25, 0.3) is 11.8 Å². The van der Waals surface area contributed by atoms with Gasteiger partial charge in [0.2, 0.25) is 0 Å². The van der Waals surface area contributed by atoms with E-state index in [1.165, 1.54) is 5.56 Å². The molecule has 3 aromatic rings. The summed E-state index contributed by atoms with van der Waals surface area (Å²) in [5.41, 5.74) is 4.50. The highest BCUT2D eigenvalue weighted by Gasteiger charge is 2.37. The van der Waals surface area contributed by atoms with E-state index >= 15 is 0 Å². The molecule has 5 rings (SSSR count). The highest BCUT2D eigenvalue weighted by Crippen LogP contribution is 2.35. The molecule has 0 bridgehead atoms. The second-order valence-corrected chi connectivity index (χ2v) is 9.92. The minimum absolute atomic E-state index is 0.0459. The summed E-state index contributed by atoms with van der Waals surface area (Å²) in [4.78, 5) is 32.2. The van der Waals surface area contributed by atoms with Gasteiger partial charge in [-0.25, -0.2) is 0 Å². The molecule has 37 heavy (non-hydrogen) atoms. The van der Waals surface area contributed by atoms with Crippen LogP contribution in [0.5, 0.6) is 0 Å². The van der Waals surface area contributed by atoms with Gasteiger partial charge in [0.05, 0.1) is 0 Å². The number of amides is 2. The normalized spacial score (nSPS) is 18.0. The van der Waals surface area contributed by atoms with Crippen molar-refractivity contribution in [3.05, 3.63) is 107 Å². The second kappa shape index (κ2) is 11.0. The molecule has 1 fully saturated rings. The van der Waals surface area contributed by atoms with Crippen LogP contribution in [0.25, 0.3) is 6.08 Å². The summed E-state index contributed by atoms with van der Waals surface area (Å²) >= 11 is 0. The summed E-state index contributed by atoms with van der Waals surface area (Å²) in [6.45, 7) is 8.12. The van der Waals surface area contributed by atoms with Gasteiger partial charge in [-0.1, -0.05) is 60.7 Å². The first kappa shape index (κ1) is 24.8. The Labute approximate surface area is 219 Å². The Bertz CT molecular complexity index is 1260. The van der Waals surface area contributed by atoms with Crippen molar-refractivity contribution in [2.75, 3.05) is 38.0 Å². The molecular formula is C31H34N4O2. The molecule has 1 atom stereocenters. The zero-order valence-electron chi connectivity index (χ0n) is 21.5. The van der Waals surface area contributed by atoms with Crippen LogP contribution in [-0.2, 0) is 0 Å². The first-order valence-corrected chi connectivity index (χ1v) is 13.0. The fourth-order valence-electron chi connectivity index (χ4n) is 5.10. The van der Waals surface area contributed by atoms with E-state index in [0.29, 0.717) is 5.56 Å². The summed E-state index contributed by atoms with van der Waals surface area (Å²) in [5, 5.41) is 3.51. The van der Waals surface area contributed by atoms with Crippen molar-refractivity contribution in [2.45, 2.75) is 26.1 Å². The SMILES string of the molecule is CC(C)N1C(=O)c2ccccc2C1Nc1ccc(C(=O)N2CCN(C/C=C/c3ccccc3)CC2)cc1. The first-order chi connectivity index (χ1) is 18.0. The maximum Gasteiger partial charge on any atom is 0.256 e. The average molecular weight is 495 g/mol. The summed E-state index contributed by atoms with van der Waals surface area (Å²) in [5.74, 6) is 0.112. The third-order valence-corrected chi connectivity index (χ3v) is 7.12. The molecule has 0 aromatic heterocycles. The minimum atomic E-state index is -0.228. The highest BCUT2D eigenvalue weighted by atomic mass is 16.2. The van der Waals surface area contributed by atoms with Crippen LogP contribution in [-0.4, -0.2) is 65.3 Å². The van der Waals surface area contributed by atoms with E-state index in [1.54, 1.807) is 0 Å². The Morgan fingerprint density at radius 2 is 1.59 bits per heavy atom. The van der Waals surface area contributed by atoms with Gasteiger partial charge in [0.1, 0.15) is 6.17 Å². The maximum absolute atomic E-state index is 13.1. The average Bonchev–Trinajstić information content (AvgIpc) is 3.21. The van der Waals surface area contributed by atoms with Crippen LogP contribution in [0.3, 0.4) is 0 Å². The standard InChI is InChI=1S/C31H34N4O2/c1-23(2)35-29(27-12-6-7-13-28(27)31(35)37)32-26-16-14-25(15-17-26)30(36)34-21-19-33(20-22-34)18-8-11-24-9-4-3-5-10-24/h3-17,23,29,32H,18-22H2,1-2H3/b11-8+. The predicted molar refractivity (Wildman–Crippen MR) is 148 cm³/mol. The van der Waals surface area contributed by atoms with Gasteiger partial charge in [-0.3, -0.25) is 14.5 Å². The molecule has 0 saturated carbocycles. The van der Waals surface area contributed by atoms with Crippen LogP contribution in [0.4, 0.5) is 5.69 Å². The molecule has 2 heterocycles.